The van der Waals surface area contributed by atoms with Gasteiger partial charge in [-0.1, -0.05) is 13.8 Å². The van der Waals surface area contributed by atoms with Gasteiger partial charge in [-0.05, 0) is 6.42 Å². The van der Waals surface area contributed by atoms with E-state index >= 15 is 0 Å². The predicted molar refractivity (Wildman–Crippen MR) is 46.6 cm³/mol. The van der Waals surface area contributed by atoms with Crippen molar-refractivity contribution < 1.29 is 9.59 Å². The van der Waals surface area contributed by atoms with E-state index in [-0.39, 0.29) is 17.9 Å². The van der Waals surface area contributed by atoms with Crippen molar-refractivity contribution in [2.24, 2.45) is 0 Å². The molecule has 0 aliphatic heterocycles. The van der Waals surface area contributed by atoms with E-state index in [1.165, 1.54) is 0 Å². The molecule has 12 heavy (non-hydrogen) atoms. The van der Waals surface area contributed by atoms with Crippen LogP contribution in [0.2, 0.25) is 0 Å². The first-order valence-corrected chi connectivity index (χ1v) is 4.16. The van der Waals surface area contributed by atoms with Crippen molar-refractivity contribution in [3.8, 4) is 0 Å². The lowest BCUT2D eigenvalue weighted by Crippen LogP contribution is -2.44. The molecule has 2 N–H and O–H groups in total. The first-order chi connectivity index (χ1) is 5.65. The van der Waals surface area contributed by atoms with Gasteiger partial charge in [-0.2, -0.15) is 0 Å². The van der Waals surface area contributed by atoms with E-state index in [0.717, 1.165) is 0 Å². The summed E-state index contributed by atoms with van der Waals surface area (Å²) >= 11 is 0. The summed E-state index contributed by atoms with van der Waals surface area (Å²) in [6, 6.07) is -0.387. The molecule has 4 nitrogen and oxygen atoms in total. The molecule has 0 saturated carbocycles. The van der Waals surface area contributed by atoms with Gasteiger partial charge in [0.1, 0.15) is 6.04 Å². The van der Waals surface area contributed by atoms with Gasteiger partial charge >= 0.3 is 0 Å². The van der Waals surface area contributed by atoms with Crippen molar-refractivity contribution in [1.29, 1.82) is 0 Å². The van der Waals surface area contributed by atoms with E-state index in [1.54, 1.807) is 14.0 Å². The summed E-state index contributed by atoms with van der Waals surface area (Å²) in [6.45, 7) is 3.61. The third-order valence-electron chi connectivity index (χ3n) is 1.63. The average Bonchev–Trinajstić information content (AvgIpc) is 2.12. The highest BCUT2D eigenvalue weighted by molar-refractivity contribution is 5.87. The van der Waals surface area contributed by atoms with Crippen LogP contribution in [0.15, 0.2) is 0 Å². The fraction of sp³-hybridized carbons (Fsp3) is 0.750. The number of carbonyl (C=O) groups is 2. The van der Waals surface area contributed by atoms with Crippen molar-refractivity contribution in [3.63, 3.8) is 0 Å². The Morgan fingerprint density at radius 3 is 2.25 bits per heavy atom. The van der Waals surface area contributed by atoms with Gasteiger partial charge < -0.3 is 10.6 Å². The fourth-order valence-electron chi connectivity index (χ4n) is 0.824. The lowest BCUT2D eigenvalue weighted by molar-refractivity contribution is -0.128. The topological polar surface area (TPSA) is 58.2 Å². The highest BCUT2D eigenvalue weighted by Gasteiger charge is 2.15. The monoisotopic (exact) mass is 172 g/mol. The molecule has 0 heterocycles. The van der Waals surface area contributed by atoms with Crippen molar-refractivity contribution in [3.05, 3.63) is 0 Å². The van der Waals surface area contributed by atoms with Gasteiger partial charge in [0.15, 0.2) is 0 Å². The van der Waals surface area contributed by atoms with Gasteiger partial charge in [0.25, 0.3) is 0 Å². The molecule has 0 unspecified atom stereocenters. The van der Waals surface area contributed by atoms with Gasteiger partial charge in [0.05, 0.1) is 0 Å². The van der Waals surface area contributed by atoms with E-state index in [4.69, 9.17) is 0 Å². The number of nitrogens with one attached hydrogen (secondary N) is 2. The number of likely N-dealkylation sites (N-methyl/N-ethyl adjacent to an activating group) is 1. The molecule has 0 aliphatic rings. The Kier molecular flexibility index (Phi) is 5.08. The minimum Gasteiger partial charge on any atom is -0.357 e. The number of rotatable bonds is 4. The predicted octanol–water partition coefficient (Wildman–Crippen LogP) is 0.0372. The molecular weight excluding hydrogens is 156 g/mol. The molecule has 0 radical (unpaired) electrons. The molecule has 0 saturated heterocycles. The van der Waals surface area contributed by atoms with Crippen LogP contribution in [-0.2, 0) is 9.59 Å². The smallest absolute Gasteiger partial charge is 0.242 e. The highest BCUT2D eigenvalue weighted by atomic mass is 16.2. The first-order valence-electron chi connectivity index (χ1n) is 4.16. The van der Waals surface area contributed by atoms with Crippen LogP contribution < -0.4 is 10.6 Å². The van der Waals surface area contributed by atoms with Gasteiger partial charge in [0, 0.05) is 13.5 Å². The van der Waals surface area contributed by atoms with E-state index in [9.17, 15) is 9.59 Å². The second-order valence-corrected chi connectivity index (χ2v) is 2.50. The van der Waals surface area contributed by atoms with Crippen molar-refractivity contribution in [2.45, 2.75) is 32.7 Å². The lowest BCUT2D eigenvalue weighted by atomic mass is 10.2. The van der Waals surface area contributed by atoms with E-state index in [1.807, 2.05) is 6.92 Å². The molecular formula is C8H16N2O2. The molecule has 0 aromatic carbocycles. The summed E-state index contributed by atoms with van der Waals surface area (Å²) in [4.78, 5) is 22.0. The van der Waals surface area contributed by atoms with Crippen LogP contribution in [-0.4, -0.2) is 24.9 Å². The van der Waals surface area contributed by atoms with Crippen molar-refractivity contribution in [2.75, 3.05) is 7.05 Å². The zero-order chi connectivity index (χ0) is 9.56. The van der Waals surface area contributed by atoms with Crippen LogP contribution in [0, 0.1) is 0 Å². The fourth-order valence-corrected chi connectivity index (χ4v) is 0.824. The quantitative estimate of drug-likeness (QED) is 0.629. The van der Waals surface area contributed by atoms with Crippen LogP contribution in [0.4, 0.5) is 0 Å². The van der Waals surface area contributed by atoms with Gasteiger partial charge in [-0.3, -0.25) is 9.59 Å². The Labute approximate surface area is 72.7 Å². The van der Waals surface area contributed by atoms with Gasteiger partial charge in [0.2, 0.25) is 11.8 Å². The molecule has 0 aliphatic carbocycles. The second kappa shape index (κ2) is 5.57. The molecule has 0 bridgehead atoms. The summed E-state index contributed by atoms with van der Waals surface area (Å²) < 4.78 is 0. The Balaban J connectivity index is 3.99. The zero-order valence-electron chi connectivity index (χ0n) is 7.81. The largest absolute Gasteiger partial charge is 0.357 e. The normalized spacial score (nSPS) is 11.9. The summed E-state index contributed by atoms with van der Waals surface area (Å²) in [5.41, 5.74) is 0. The maximum Gasteiger partial charge on any atom is 0.242 e. The second-order valence-electron chi connectivity index (χ2n) is 2.50. The van der Waals surface area contributed by atoms with E-state index < -0.39 is 0 Å². The molecule has 4 heteroatoms. The molecule has 2 amide bonds. The Morgan fingerprint density at radius 1 is 1.33 bits per heavy atom. The lowest BCUT2D eigenvalue weighted by Gasteiger charge is -2.14. The summed E-state index contributed by atoms with van der Waals surface area (Å²) in [6.07, 6.45) is 1.03. The maximum atomic E-state index is 11.1. The number of carbonyl (C=O) groups excluding carboxylic acids is 2. The number of hydrogen-bond donors (Lipinski definition) is 2. The zero-order valence-corrected chi connectivity index (χ0v) is 7.81. The Hall–Kier alpha value is -1.06. The highest BCUT2D eigenvalue weighted by Crippen LogP contribution is 1.91. The molecule has 0 aromatic rings. The van der Waals surface area contributed by atoms with Gasteiger partial charge in [-0.25, -0.2) is 0 Å². The number of hydrogen-bond acceptors (Lipinski definition) is 2. The van der Waals surface area contributed by atoms with Crippen molar-refractivity contribution in [1.82, 2.24) is 10.6 Å². The molecule has 0 rings (SSSR count). The van der Waals surface area contributed by atoms with Crippen LogP contribution in [0.5, 0.6) is 0 Å². The molecule has 0 spiro atoms. The summed E-state index contributed by atoms with van der Waals surface area (Å²) in [7, 11) is 1.56. The Morgan fingerprint density at radius 2 is 1.92 bits per heavy atom. The standard InChI is InChI=1S/C8H16N2O2/c1-4-6(8(12)9-3)10-7(11)5-2/h6H,4-5H2,1-3H3,(H,9,12)(H,10,11)/t6-/m0/s1. The molecule has 0 aromatic heterocycles. The third-order valence-corrected chi connectivity index (χ3v) is 1.63. The Bertz CT molecular complexity index is 168. The summed E-state index contributed by atoms with van der Waals surface area (Å²) in [5, 5.41) is 5.11. The minimum atomic E-state index is -0.387. The van der Waals surface area contributed by atoms with Crippen LogP contribution in [0.3, 0.4) is 0 Å². The molecule has 1 atom stereocenters. The van der Waals surface area contributed by atoms with Crippen molar-refractivity contribution >= 4 is 11.8 Å². The minimum absolute atomic E-state index is 0.0922. The van der Waals surface area contributed by atoms with Crippen LogP contribution >= 0.6 is 0 Å². The SMILES string of the molecule is CCC(=O)N[C@@H](CC)C(=O)NC. The maximum absolute atomic E-state index is 11.1. The third kappa shape index (κ3) is 3.37. The van der Waals surface area contributed by atoms with Crippen LogP contribution in [0.1, 0.15) is 26.7 Å². The molecule has 0 fully saturated rings. The van der Waals surface area contributed by atoms with E-state index in [0.29, 0.717) is 12.8 Å². The summed E-state index contributed by atoms with van der Waals surface area (Å²) in [5.74, 6) is -0.232. The average molecular weight is 172 g/mol. The van der Waals surface area contributed by atoms with Gasteiger partial charge in [-0.15, -0.1) is 0 Å². The number of amides is 2. The molecule has 70 valence electrons. The van der Waals surface area contributed by atoms with E-state index in [2.05, 4.69) is 10.6 Å². The first kappa shape index (κ1) is 10.9. The van der Waals surface area contributed by atoms with Crippen LogP contribution in [0.25, 0.3) is 0 Å².